The molecule has 0 aliphatic heterocycles. The summed E-state index contributed by atoms with van der Waals surface area (Å²) in [5.74, 6) is 1.32. The smallest absolute Gasteiger partial charge is 0.203 e. The Morgan fingerprint density at radius 1 is 0.531 bits per heavy atom. The number of benzene rings is 2. The van der Waals surface area contributed by atoms with Gasteiger partial charge in [-0.05, 0) is 35.4 Å². The molecule has 8 nitrogen and oxygen atoms in total. The van der Waals surface area contributed by atoms with Crippen LogP contribution in [0.3, 0.4) is 0 Å². The van der Waals surface area contributed by atoms with E-state index >= 15 is 0 Å². The van der Waals surface area contributed by atoms with E-state index in [1.165, 1.54) is 14.2 Å². The van der Waals surface area contributed by atoms with Crippen LogP contribution in [0.2, 0.25) is 0 Å². The zero-order chi connectivity index (χ0) is 23.4. The molecule has 8 heteroatoms. The molecule has 0 bridgehead atoms. The van der Waals surface area contributed by atoms with Crippen molar-refractivity contribution < 1.29 is 28.4 Å². The van der Waals surface area contributed by atoms with Crippen molar-refractivity contribution in [3.05, 3.63) is 35.4 Å². The first-order valence-corrected chi connectivity index (χ1v) is 9.92. The van der Waals surface area contributed by atoms with Crippen molar-refractivity contribution in [3.8, 4) is 46.6 Å². The largest absolute Gasteiger partial charge is 0.493 e. The predicted octanol–water partition coefficient (Wildman–Crippen LogP) is 3.90. The third kappa shape index (κ3) is 3.58. The molecular formula is C24H26N2O6. The van der Waals surface area contributed by atoms with Crippen molar-refractivity contribution in [3.63, 3.8) is 0 Å². The van der Waals surface area contributed by atoms with Crippen LogP contribution in [0.1, 0.15) is 23.0 Å². The lowest BCUT2D eigenvalue weighted by molar-refractivity contribution is 0.188. The third-order valence-electron chi connectivity index (χ3n) is 5.99. The van der Waals surface area contributed by atoms with Gasteiger partial charge in [0.15, 0.2) is 23.0 Å². The summed E-state index contributed by atoms with van der Waals surface area (Å²) in [5.41, 5.74) is 1.63. The highest BCUT2D eigenvalue weighted by molar-refractivity contribution is 5.59. The van der Waals surface area contributed by atoms with Crippen LogP contribution in [0.5, 0.6) is 34.5 Å². The Morgan fingerprint density at radius 2 is 0.812 bits per heavy atom. The fourth-order valence-electron chi connectivity index (χ4n) is 4.49. The van der Waals surface area contributed by atoms with Gasteiger partial charge < -0.3 is 28.4 Å². The lowest BCUT2D eigenvalue weighted by Gasteiger charge is -2.46. The predicted molar refractivity (Wildman–Crippen MR) is 116 cm³/mol. The number of methoxy groups -OCH3 is 6. The second-order valence-corrected chi connectivity index (χ2v) is 7.28. The van der Waals surface area contributed by atoms with Crippen LogP contribution >= 0.6 is 0 Å². The van der Waals surface area contributed by atoms with E-state index in [-0.39, 0.29) is 11.8 Å². The van der Waals surface area contributed by atoms with E-state index in [2.05, 4.69) is 12.1 Å². The van der Waals surface area contributed by atoms with Crippen LogP contribution < -0.4 is 28.4 Å². The Hall–Kier alpha value is -3.78. The van der Waals surface area contributed by atoms with E-state index in [4.69, 9.17) is 28.4 Å². The van der Waals surface area contributed by atoms with Crippen molar-refractivity contribution in [2.75, 3.05) is 42.7 Å². The second-order valence-electron chi connectivity index (χ2n) is 7.28. The van der Waals surface area contributed by atoms with Gasteiger partial charge in [-0.15, -0.1) is 0 Å². The molecule has 2 aromatic carbocycles. The summed E-state index contributed by atoms with van der Waals surface area (Å²) in [6.07, 6.45) is 0. The molecular weight excluding hydrogens is 412 g/mol. The first-order chi connectivity index (χ1) is 15.5. The Morgan fingerprint density at radius 3 is 1.00 bits per heavy atom. The second kappa shape index (κ2) is 9.57. The number of nitriles is 2. The van der Waals surface area contributed by atoms with E-state index in [9.17, 15) is 10.5 Å². The maximum Gasteiger partial charge on any atom is 0.203 e. The molecule has 1 fully saturated rings. The molecule has 32 heavy (non-hydrogen) atoms. The van der Waals surface area contributed by atoms with E-state index in [1.807, 2.05) is 24.3 Å². The number of rotatable bonds is 8. The standard InChI is InChI=1S/C24H26N2O6/c1-27-17-7-13(8-18(28-2)23(17)31-5)21-15(11-25)16(12-26)22(21)14-9-19(29-3)24(32-6)20(10-14)30-4/h7-10,15-16,21-22H,1-6H3/t15-,16-,21+,22+/m0/s1. The van der Waals surface area contributed by atoms with Crippen molar-refractivity contribution in [2.24, 2.45) is 11.8 Å². The fraction of sp³-hybridized carbons (Fsp3) is 0.417. The van der Waals surface area contributed by atoms with Crippen molar-refractivity contribution in [1.82, 2.24) is 0 Å². The topological polar surface area (TPSA) is 103 Å². The van der Waals surface area contributed by atoms with Gasteiger partial charge >= 0.3 is 0 Å². The zero-order valence-corrected chi connectivity index (χ0v) is 19.0. The lowest BCUT2D eigenvalue weighted by Crippen LogP contribution is -2.42. The SMILES string of the molecule is COc1cc([C@@H]2[C@@H](C#N)[C@H](C#N)[C@H]2c2cc(OC)c(OC)c(OC)c2)cc(OC)c1OC. The third-order valence-corrected chi connectivity index (χ3v) is 5.99. The lowest BCUT2D eigenvalue weighted by atomic mass is 9.53. The van der Waals surface area contributed by atoms with Gasteiger partial charge in [0.25, 0.3) is 0 Å². The van der Waals surface area contributed by atoms with Gasteiger partial charge in [0, 0.05) is 11.8 Å². The normalized spacial score (nSPS) is 21.4. The molecule has 1 aliphatic carbocycles. The molecule has 0 heterocycles. The minimum atomic E-state index is -0.508. The maximum absolute atomic E-state index is 9.86. The molecule has 0 saturated heterocycles. The number of hydrogen-bond acceptors (Lipinski definition) is 8. The molecule has 1 aliphatic rings. The molecule has 1 saturated carbocycles. The van der Waals surface area contributed by atoms with Gasteiger partial charge in [0.05, 0.1) is 66.6 Å². The van der Waals surface area contributed by atoms with Crippen LogP contribution in [-0.2, 0) is 0 Å². The monoisotopic (exact) mass is 438 g/mol. The van der Waals surface area contributed by atoms with E-state index in [0.717, 1.165) is 11.1 Å². The molecule has 0 spiro atoms. The van der Waals surface area contributed by atoms with Crippen LogP contribution in [0.4, 0.5) is 0 Å². The Kier molecular flexibility index (Phi) is 6.85. The van der Waals surface area contributed by atoms with Gasteiger partial charge in [-0.25, -0.2) is 0 Å². The highest BCUT2D eigenvalue weighted by Gasteiger charge is 2.53. The highest BCUT2D eigenvalue weighted by Crippen LogP contribution is 2.60. The van der Waals surface area contributed by atoms with Gasteiger partial charge in [-0.3, -0.25) is 0 Å². The minimum Gasteiger partial charge on any atom is -0.493 e. The van der Waals surface area contributed by atoms with Gasteiger partial charge in [0.1, 0.15) is 0 Å². The Bertz CT molecular complexity index is 936. The van der Waals surface area contributed by atoms with E-state index in [1.54, 1.807) is 28.4 Å². The average molecular weight is 438 g/mol. The molecule has 168 valence electrons. The molecule has 0 unspecified atom stereocenters. The highest BCUT2D eigenvalue weighted by atomic mass is 16.5. The van der Waals surface area contributed by atoms with Gasteiger partial charge in [0.2, 0.25) is 11.5 Å². The van der Waals surface area contributed by atoms with Gasteiger partial charge in [-0.1, -0.05) is 0 Å². The molecule has 0 N–H and O–H groups in total. The zero-order valence-electron chi connectivity index (χ0n) is 19.0. The first-order valence-electron chi connectivity index (χ1n) is 9.92. The van der Waals surface area contributed by atoms with Crippen LogP contribution in [0.15, 0.2) is 24.3 Å². The quantitative estimate of drug-likeness (QED) is 0.611. The maximum atomic E-state index is 9.86. The molecule has 4 atom stereocenters. The molecule has 2 aromatic rings. The Labute approximate surface area is 187 Å². The molecule has 0 aromatic heterocycles. The number of hydrogen-bond donors (Lipinski definition) is 0. The summed E-state index contributed by atoms with van der Waals surface area (Å²) in [7, 11) is 9.23. The average Bonchev–Trinajstić information content (AvgIpc) is 2.82. The van der Waals surface area contributed by atoms with Crippen molar-refractivity contribution in [1.29, 1.82) is 10.5 Å². The van der Waals surface area contributed by atoms with Crippen LogP contribution in [-0.4, -0.2) is 42.7 Å². The van der Waals surface area contributed by atoms with E-state index in [0.29, 0.717) is 34.5 Å². The van der Waals surface area contributed by atoms with Crippen molar-refractivity contribution >= 4 is 0 Å². The Balaban J connectivity index is 2.19. The molecule has 3 rings (SSSR count). The summed E-state index contributed by atoms with van der Waals surface area (Å²) < 4.78 is 32.8. The summed E-state index contributed by atoms with van der Waals surface area (Å²) in [6.45, 7) is 0. The van der Waals surface area contributed by atoms with Crippen molar-refractivity contribution in [2.45, 2.75) is 11.8 Å². The molecule has 0 amide bonds. The fourth-order valence-corrected chi connectivity index (χ4v) is 4.49. The summed E-state index contributed by atoms with van der Waals surface area (Å²) in [6, 6.07) is 11.9. The van der Waals surface area contributed by atoms with Crippen LogP contribution in [0.25, 0.3) is 0 Å². The molecule has 0 radical (unpaired) electrons. The van der Waals surface area contributed by atoms with Gasteiger partial charge in [-0.2, -0.15) is 10.5 Å². The summed E-state index contributed by atoms with van der Waals surface area (Å²) in [5, 5.41) is 19.7. The number of nitrogens with zero attached hydrogens (tertiary/aromatic N) is 2. The van der Waals surface area contributed by atoms with Crippen LogP contribution in [0, 0.1) is 34.5 Å². The van der Waals surface area contributed by atoms with E-state index < -0.39 is 11.8 Å². The minimum absolute atomic E-state index is 0.277. The summed E-state index contributed by atoms with van der Waals surface area (Å²) in [4.78, 5) is 0. The summed E-state index contributed by atoms with van der Waals surface area (Å²) >= 11 is 0. The number of ether oxygens (including phenoxy) is 6. The first kappa shape index (κ1) is 22.9.